The number of hydrogen-bond acceptors (Lipinski definition) is 5. The van der Waals surface area contributed by atoms with Crippen LogP contribution in [-0.4, -0.2) is 26.2 Å². The molecule has 0 saturated carbocycles. The van der Waals surface area contributed by atoms with Crippen molar-refractivity contribution in [2.75, 3.05) is 6.61 Å². The predicted molar refractivity (Wildman–Crippen MR) is 110 cm³/mol. The van der Waals surface area contributed by atoms with Crippen LogP contribution < -0.4 is 10.4 Å². The first-order valence-electron chi connectivity index (χ1n) is 9.85. The highest BCUT2D eigenvalue weighted by Crippen LogP contribution is 2.34. The molecule has 0 bridgehead atoms. The van der Waals surface area contributed by atoms with Crippen molar-refractivity contribution in [3.63, 3.8) is 0 Å². The first-order chi connectivity index (χ1) is 15.4. The Morgan fingerprint density at radius 1 is 1.12 bits per heavy atom. The Hall–Kier alpha value is -3.66. The molecule has 1 N–H and O–H groups in total. The van der Waals surface area contributed by atoms with E-state index in [9.17, 15) is 18.0 Å². The summed E-state index contributed by atoms with van der Waals surface area (Å²) in [5.74, 6) is -4.35. The molecule has 10 heteroatoms. The van der Waals surface area contributed by atoms with Crippen molar-refractivity contribution < 1.29 is 22.6 Å². The summed E-state index contributed by atoms with van der Waals surface area (Å²) in [6.45, 7) is 3.85. The normalized spacial score (nSPS) is 12.3. The van der Waals surface area contributed by atoms with Crippen molar-refractivity contribution in [2.24, 2.45) is 0 Å². The summed E-state index contributed by atoms with van der Waals surface area (Å²) in [6, 6.07) is 10.9. The smallest absolute Gasteiger partial charge is 0.352 e. The molecule has 0 aliphatic carbocycles. The number of H-pyrrole nitrogens is 1. The van der Waals surface area contributed by atoms with Gasteiger partial charge in [-0.15, -0.1) is 0 Å². The quantitative estimate of drug-likeness (QED) is 0.433. The molecule has 7 nitrogen and oxygen atoms in total. The van der Waals surface area contributed by atoms with Gasteiger partial charge < -0.3 is 9.47 Å². The molecule has 4 aromatic rings. The summed E-state index contributed by atoms with van der Waals surface area (Å²) >= 11 is 0. The van der Waals surface area contributed by atoms with Gasteiger partial charge >= 0.3 is 5.69 Å². The maximum atomic E-state index is 14.0. The van der Waals surface area contributed by atoms with E-state index in [1.165, 1.54) is 0 Å². The maximum Gasteiger partial charge on any atom is 0.352 e. The highest BCUT2D eigenvalue weighted by Gasteiger charge is 2.25. The van der Waals surface area contributed by atoms with Crippen LogP contribution in [0.1, 0.15) is 31.2 Å². The topological polar surface area (TPSA) is 81.5 Å². The molecule has 1 atom stereocenters. The van der Waals surface area contributed by atoms with E-state index in [-0.39, 0.29) is 41.7 Å². The Labute approximate surface area is 180 Å². The number of halogens is 3. The zero-order valence-electron chi connectivity index (χ0n) is 17.2. The van der Waals surface area contributed by atoms with Gasteiger partial charge in [-0.1, -0.05) is 30.3 Å². The van der Waals surface area contributed by atoms with Gasteiger partial charge in [-0.2, -0.15) is 14.6 Å². The number of benzene rings is 2. The first-order valence-corrected chi connectivity index (χ1v) is 9.85. The third-order valence-corrected chi connectivity index (χ3v) is 4.78. The van der Waals surface area contributed by atoms with E-state index in [1.54, 1.807) is 13.8 Å². The zero-order chi connectivity index (χ0) is 22.8. The van der Waals surface area contributed by atoms with Crippen LogP contribution in [0.2, 0.25) is 0 Å². The Bertz CT molecular complexity index is 1300. The van der Waals surface area contributed by atoms with E-state index >= 15 is 0 Å². The Morgan fingerprint density at radius 2 is 1.81 bits per heavy atom. The molecule has 0 spiro atoms. The summed E-state index contributed by atoms with van der Waals surface area (Å²) in [5.41, 5.74) is 0.533. The molecule has 32 heavy (non-hydrogen) atoms. The standard InChI is InChI=1S/C22H19F3N4O3/c1-3-31-21-26-20-17(14-9-15(23)18(25)16(24)10-14)19(28-29(20)22(30)27-21)12(2)32-11-13-7-5-4-6-8-13/h4-10,12H,3,11H2,1-2H3,(H,26,27,30). The third-order valence-electron chi connectivity index (χ3n) is 4.78. The van der Waals surface area contributed by atoms with Crippen molar-refractivity contribution in [3.05, 3.63) is 81.7 Å². The van der Waals surface area contributed by atoms with Crippen molar-refractivity contribution >= 4 is 5.65 Å². The SMILES string of the molecule is CCOc1nc2c(-c3cc(F)c(F)c(F)c3)c(C(C)OCc3ccccc3)nn2c(=O)[nH]1. The van der Waals surface area contributed by atoms with Gasteiger partial charge in [0.1, 0.15) is 5.69 Å². The molecule has 0 aliphatic heterocycles. The minimum absolute atomic E-state index is 0.00670. The number of aromatic amines is 1. The number of nitrogens with zero attached hydrogens (tertiary/aromatic N) is 3. The minimum Gasteiger partial charge on any atom is -0.465 e. The third kappa shape index (κ3) is 4.09. The Kier molecular flexibility index (Phi) is 5.95. The van der Waals surface area contributed by atoms with Crippen LogP contribution >= 0.6 is 0 Å². The van der Waals surface area contributed by atoms with Crippen LogP contribution in [0.5, 0.6) is 6.01 Å². The van der Waals surface area contributed by atoms with Crippen LogP contribution in [0.15, 0.2) is 47.3 Å². The molecule has 0 amide bonds. The van der Waals surface area contributed by atoms with Gasteiger partial charge in [0.25, 0.3) is 6.01 Å². The van der Waals surface area contributed by atoms with Crippen LogP contribution in [0.3, 0.4) is 0 Å². The lowest BCUT2D eigenvalue weighted by atomic mass is 10.0. The van der Waals surface area contributed by atoms with E-state index in [2.05, 4.69) is 15.1 Å². The van der Waals surface area contributed by atoms with Gasteiger partial charge in [-0.3, -0.25) is 4.98 Å². The largest absolute Gasteiger partial charge is 0.465 e. The van der Waals surface area contributed by atoms with E-state index < -0.39 is 29.2 Å². The fraction of sp³-hybridized carbons (Fsp3) is 0.227. The van der Waals surface area contributed by atoms with Gasteiger partial charge in [0.15, 0.2) is 23.1 Å². The number of rotatable bonds is 7. The Balaban J connectivity index is 1.86. The van der Waals surface area contributed by atoms with Crippen LogP contribution in [-0.2, 0) is 11.3 Å². The van der Waals surface area contributed by atoms with Crippen molar-refractivity contribution in [2.45, 2.75) is 26.6 Å². The molecule has 2 aromatic carbocycles. The predicted octanol–water partition coefficient (Wildman–Crippen LogP) is 4.18. The summed E-state index contributed by atoms with van der Waals surface area (Å²) in [5, 5.41) is 4.28. The highest BCUT2D eigenvalue weighted by atomic mass is 19.2. The van der Waals surface area contributed by atoms with E-state index in [4.69, 9.17) is 9.47 Å². The number of fused-ring (bicyclic) bond motifs is 1. The monoisotopic (exact) mass is 444 g/mol. The Morgan fingerprint density at radius 3 is 2.47 bits per heavy atom. The van der Waals surface area contributed by atoms with Crippen LogP contribution in [0.4, 0.5) is 13.2 Å². The molecule has 0 saturated heterocycles. The number of hydrogen-bond donors (Lipinski definition) is 1. The molecular formula is C22H19F3N4O3. The molecule has 166 valence electrons. The summed E-state index contributed by atoms with van der Waals surface area (Å²) in [7, 11) is 0. The lowest BCUT2D eigenvalue weighted by Crippen LogP contribution is -2.20. The number of ether oxygens (including phenoxy) is 2. The molecule has 0 fully saturated rings. The molecule has 1 unspecified atom stereocenters. The second kappa shape index (κ2) is 8.83. The fourth-order valence-corrected chi connectivity index (χ4v) is 3.28. The lowest BCUT2D eigenvalue weighted by molar-refractivity contribution is 0.0499. The maximum absolute atomic E-state index is 14.0. The molecule has 2 aromatic heterocycles. The number of nitrogens with one attached hydrogen (secondary N) is 1. The van der Waals surface area contributed by atoms with Gasteiger partial charge in [0.2, 0.25) is 0 Å². The van der Waals surface area contributed by atoms with Gasteiger partial charge in [-0.05, 0) is 37.1 Å². The van der Waals surface area contributed by atoms with Gasteiger partial charge in [0.05, 0.1) is 24.9 Å². The molecule has 2 heterocycles. The van der Waals surface area contributed by atoms with Crippen molar-refractivity contribution in [3.8, 4) is 17.1 Å². The van der Waals surface area contributed by atoms with Crippen molar-refractivity contribution in [1.29, 1.82) is 0 Å². The fourth-order valence-electron chi connectivity index (χ4n) is 3.28. The molecule has 0 aliphatic rings. The molecular weight excluding hydrogens is 425 g/mol. The van der Waals surface area contributed by atoms with Crippen LogP contribution in [0, 0.1) is 17.5 Å². The summed E-state index contributed by atoms with van der Waals surface area (Å²) < 4.78 is 53.8. The lowest BCUT2D eigenvalue weighted by Gasteiger charge is -2.13. The second-order valence-electron chi connectivity index (χ2n) is 6.97. The van der Waals surface area contributed by atoms with Crippen molar-refractivity contribution in [1.82, 2.24) is 19.6 Å². The second-order valence-corrected chi connectivity index (χ2v) is 6.97. The first kappa shape index (κ1) is 21.6. The average Bonchev–Trinajstić information content (AvgIpc) is 3.16. The van der Waals surface area contributed by atoms with Gasteiger partial charge in [-0.25, -0.2) is 18.0 Å². The van der Waals surface area contributed by atoms with E-state index in [1.807, 2.05) is 30.3 Å². The van der Waals surface area contributed by atoms with E-state index in [0.29, 0.717) is 0 Å². The zero-order valence-corrected chi connectivity index (χ0v) is 17.2. The molecule has 0 radical (unpaired) electrons. The van der Waals surface area contributed by atoms with E-state index in [0.717, 1.165) is 22.2 Å². The summed E-state index contributed by atoms with van der Waals surface area (Å²) in [4.78, 5) is 19.2. The highest BCUT2D eigenvalue weighted by molar-refractivity contribution is 5.80. The molecule has 4 rings (SSSR count). The summed E-state index contributed by atoms with van der Waals surface area (Å²) in [6.07, 6.45) is -0.696. The van der Waals surface area contributed by atoms with Gasteiger partial charge in [0, 0.05) is 0 Å². The minimum atomic E-state index is -1.60. The number of aromatic nitrogens is 4. The van der Waals surface area contributed by atoms with Crippen LogP contribution in [0.25, 0.3) is 16.8 Å². The average molecular weight is 444 g/mol.